The van der Waals surface area contributed by atoms with Gasteiger partial charge in [0.25, 0.3) is 0 Å². The fraction of sp³-hybridized carbons (Fsp3) is 0.400. The van der Waals surface area contributed by atoms with E-state index in [1.165, 1.54) is 6.20 Å². The highest BCUT2D eigenvalue weighted by atomic mass is 35.5. The molecule has 2 aromatic rings. The number of hydrogen-bond donors (Lipinski definition) is 3. The Morgan fingerprint density at radius 1 is 1.36 bits per heavy atom. The molecule has 0 bridgehead atoms. The van der Waals surface area contributed by atoms with Crippen LogP contribution in [0, 0.1) is 6.92 Å². The van der Waals surface area contributed by atoms with E-state index >= 15 is 0 Å². The molecule has 1 aliphatic heterocycles. The number of urea groups is 1. The first-order valence-corrected chi connectivity index (χ1v) is 9.60. The molecule has 150 valence electrons. The standard InChI is InChI=1S/C20H25ClN4O3/c1-13-3-5-16(6-4-13)23-20(28)25-8-7-24(11-14(25)2)19-17(21)9-15(10-22-19)18(27)12-26/h3-6,9-10,14,18,26-27H,7-8,11-12H2,1-2H3,(H,23,28)/t14-,18-/m1/s1. The van der Waals surface area contributed by atoms with Gasteiger partial charge in [0.15, 0.2) is 0 Å². The van der Waals surface area contributed by atoms with Crippen molar-refractivity contribution in [3.8, 4) is 0 Å². The number of benzene rings is 1. The van der Waals surface area contributed by atoms with E-state index in [-0.39, 0.29) is 18.7 Å². The molecule has 1 aliphatic rings. The van der Waals surface area contributed by atoms with Gasteiger partial charge in [0.05, 0.1) is 11.6 Å². The van der Waals surface area contributed by atoms with Crippen LogP contribution < -0.4 is 10.2 Å². The van der Waals surface area contributed by atoms with Crippen LogP contribution in [0.25, 0.3) is 0 Å². The minimum Gasteiger partial charge on any atom is -0.393 e. The highest BCUT2D eigenvalue weighted by Crippen LogP contribution is 2.28. The van der Waals surface area contributed by atoms with Crippen molar-refractivity contribution in [3.05, 3.63) is 52.7 Å². The van der Waals surface area contributed by atoms with Crippen molar-refractivity contribution < 1.29 is 15.0 Å². The molecule has 3 N–H and O–H groups in total. The molecule has 2 atom stereocenters. The largest absolute Gasteiger partial charge is 0.393 e. The number of piperazine rings is 1. The van der Waals surface area contributed by atoms with E-state index in [0.29, 0.717) is 36.0 Å². The van der Waals surface area contributed by atoms with Gasteiger partial charge in [0.2, 0.25) is 0 Å². The molecule has 1 fully saturated rings. The van der Waals surface area contributed by atoms with E-state index in [1.54, 1.807) is 11.0 Å². The molecule has 2 amide bonds. The number of nitrogens with one attached hydrogen (secondary N) is 1. The van der Waals surface area contributed by atoms with Crippen molar-refractivity contribution in [3.63, 3.8) is 0 Å². The molecule has 1 aromatic heterocycles. The molecule has 2 heterocycles. The number of halogens is 1. The average molecular weight is 405 g/mol. The zero-order chi connectivity index (χ0) is 20.3. The highest BCUT2D eigenvalue weighted by Gasteiger charge is 2.29. The van der Waals surface area contributed by atoms with Crippen molar-refractivity contribution in [1.82, 2.24) is 9.88 Å². The van der Waals surface area contributed by atoms with E-state index in [0.717, 1.165) is 11.3 Å². The summed E-state index contributed by atoms with van der Waals surface area (Å²) in [7, 11) is 0. The number of anilines is 2. The Balaban J connectivity index is 1.64. The zero-order valence-electron chi connectivity index (χ0n) is 16.0. The number of pyridine rings is 1. The molecule has 0 saturated carbocycles. The molecule has 0 radical (unpaired) electrons. The first kappa shape index (κ1) is 20.4. The lowest BCUT2D eigenvalue weighted by atomic mass is 10.1. The number of amides is 2. The van der Waals surface area contributed by atoms with Crippen LogP contribution in [0.3, 0.4) is 0 Å². The Kier molecular flexibility index (Phi) is 6.39. The van der Waals surface area contributed by atoms with E-state index in [9.17, 15) is 9.90 Å². The molecular formula is C20H25ClN4O3. The first-order valence-electron chi connectivity index (χ1n) is 9.22. The Morgan fingerprint density at radius 2 is 2.07 bits per heavy atom. The van der Waals surface area contributed by atoms with E-state index in [4.69, 9.17) is 16.7 Å². The molecule has 1 saturated heterocycles. The maximum absolute atomic E-state index is 12.6. The minimum atomic E-state index is -1.000. The smallest absolute Gasteiger partial charge is 0.322 e. The maximum Gasteiger partial charge on any atom is 0.322 e. The molecule has 0 spiro atoms. The summed E-state index contributed by atoms with van der Waals surface area (Å²) < 4.78 is 0. The van der Waals surface area contributed by atoms with Gasteiger partial charge in [-0.3, -0.25) is 0 Å². The summed E-state index contributed by atoms with van der Waals surface area (Å²) in [6, 6.07) is 9.16. The summed E-state index contributed by atoms with van der Waals surface area (Å²) in [5.74, 6) is 0.612. The quantitative estimate of drug-likeness (QED) is 0.729. The van der Waals surface area contributed by atoms with Gasteiger partial charge in [-0.05, 0) is 32.0 Å². The van der Waals surface area contributed by atoms with Gasteiger partial charge in [-0.2, -0.15) is 0 Å². The van der Waals surface area contributed by atoms with Gasteiger partial charge in [0, 0.05) is 43.1 Å². The van der Waals surface area contributed by atoms with Crippen molar-refractivity contribution in [2.24, 2.45) is 0 Å². The predicted octanol–water partition coefficient (Wildman–Crippen LogP) is 2.81. The lowest BCUT2D eigenvalue weighted by molar-refractivity contribution is 0.0953. The summed E-state index contributed by atoms with van der Waals surface area (Å²) in [5, 5.41) is 22.1. The highest BCUT2D eigenvalue weighted by molar-refractivity contribution is 6.33. The number of aliphatic hydroxyl groups excluding tert-OH is 2. The number of nitrogens with zero attached hydrogens (tertiary/aromatic N) is 3. The van der Waals surface area contributed by atoms with Crippen molar-refractivity contribution in [2.45, 2.75) is 26.0 Å². The number of aromatic nitrogens is 1. The molecule has 7 nitrogen and oxygen atoms in total. The third-order valence-electron chi connectivity index (χ3n) is 4.89. The Morgan fingerprint density at radius 3 is 2.68 bits per heavy atom. The van der Waals surface area contributed by atoms with Crippen LogP contribution in [-0.2, 0) is 0 Å². The number of aryl methyl sites for hydroxylation is 1. The van der Waals surface area contributed by atoms with Crippen LogP contribution in [0.15, 0.2) is 36.5 Å². The fourth-order valence-corrected chi connectivity index (χ4v) is 3.54. The molecule has 3 rings (SSSR count). The second-order valence-electron chi connectivity index (χ2n) is 7.06. The molecule has 8 heteroatoms. The Hall–Kier alpha value is -2.35. The zero-order valence-corrected chi connectivity index (χ0v) is 16.7. The lowest BCUT2D eigenvalue weighted by Gasteiger charge is -2.40. The third kappa shape index (κ3) is 4.55. The SMILES string of the molecule is Cc1ccc(NC(=O)N2CCN(c3ncc([C@H](O)CO)cc3Cl)C[C@H]2C)cc1. The fourth-order valence-electron chi connectivity index (χ4n) is 3.25. The van der Waals surface area contributed by atoms with Gasteiger partial charge in [-0.15, -0.1) is 0 Å². The van der Waals surface area contributed by atoms with Crippen molar-refractivity contribution in [2.75, 3.05) is 36.5 Å². The molecule has 0 unspecified atom stereocenters. The number of rotatable bonds is 4. The Bertz CT molecular complexity index is 831. The molecule has 1 aromatic carbocycles. The summed E-state index contributed by atoms with van der Waals surface area (Å²) in [6.07, 6.45) is 0.517. The van der Waals surface area contributed by atoms with Crippen LogP contribution in [0.5, 0.6) is 0 Å². The van der Waals surface area contributed by atoms with Crippen LogP contribution in [-0.4, -0.2) is 58.4 Å². The average Bonchev–Trinajstić information content (AvgIpc) is 2.68. The second-order valence-corrected chi connectivity index (χ2v) is 7.46. The van der Waals surface area contributed by atoms with Crippen LogP contribution in [0.4, 0.5) is 16.3 Å². The Labute approximate surface area is 169 Å². The van der Waals surface area contributed by atoms with Crippen LogP contribution in [0.1, 0.15) is 24.2 Å². The number of hydrogen-bond acceptors (Lipinski definition) is 5. The molecule has 28 heavy (non-hydrogen) atoms. The third-order valence-corrected chi connectivity index (χ3v) is 5.17. The van der Waals surface area contributed by atoms with E-state index in [2.05, 4.69) is 10.3 Å². The second kappa shape index (κ2) is 8.77. The van der Waals surface area contributed by atoms with Crippen LogP contribution >= 0.6 is 11.6 Å². The van der Waals surface area contributed by atoms with Gasteiger partial charge >= 0.3 is 6.03 Å². The van der Waals surface area contributed by atoms with Gasteiger partial charge in [-0.25, -0.2) is 9.78 Å². The van der Waals surface area contributed by atoms with Gasteiger partial charge < -0.3 is 25.3 Å². The normalized spacial score (nSPS) is 18.1. The van der Waals surface area contributed by atoms with Gasteiger partial charge in [0.1, 0.15) is 11.9 Å². The number of carbonyl (C=O) groups is 1. The minimum absolute atomic E-state index is 0.0280. The van der Waals surface area contributed by atoms with Gasteiger partial charge in [-0.1, -0.05) is 29.3 Å². The number of carbonyl (C=O) groups excluding carboxylic acids is 1. The predicted molar refractivity (Wildman–Crippen MR) is 110 cm³/mol. The number of aliphatic hydroxyl groups is 2. The summed E-state index contributed by atoms with van der Waals surface area (Å²) in [6.45, 7) is 5.33. The monoisotopic (exact) mass is 404 g/mol. The summed E-state index contributed by atoms with van der Waals surface area (Å²) in [5.41, 5.74) is 2.38. The molecule has 0 aliphatic carbocycles. The summed E-state index contributed by atoms with van der Waals surface area (Å²) in [4.78, 5) is 20.8. The maximum atomic E-state index is 12.6. The molecular weight excluding hydrogens is 380 g/mol. The van der Waals surface area contributed by atoms with E-state index < -0.39 is 6.10 Å². The van der Waals surface area contributed by atoms with E-state index in [1.807, 2.05) is 43.0 Å². The first-order chi connectivity index (χ1) is 13.4. The van der Waals surface area contributed by atoms with Crippen molar-refractivity contribution >= 4 is 29.1 Å². The lowest BCUT2D eigenvalue weighted by Crippen LogP contribution is -2.55. The van der Waals surface area contributed by atoms with Crippen molar-refractivity contribution in [1.29, 1.82) is 0 Å². The topological polar surface area (TPSA) is 88.9 Å². The van der Waals surface area contributed by atoms with Crippen LogP contribution in [0.2, 0.25) is 5.02 Å². The summed E-state index contributed by atoms with van der Waals surface area (Å²) >= 11 is 6.34.